The van der Waals surface area contributed by atoms with Gasteiger partial charge in [-0.2, -0.15) is 0 Å². The molecule has 1 radical (unpaired) electrons. The molecule has 0 bridgehead atoms. The molecule has 0 atom stereocenters. The molecule has 273 valence electrons. The van der Waals surface area contributed by atoms with Gasteiger partial charge in [0.15, 0.2) is 0 Å². The van der Waals surface area contributed by atoms with Crippen LogP contribution in [0.3, 0.4) is 0 Å². The second-order valence-electron chi connectivity index (χ2n) is 13.1. The third kappa shape index (κ3) is 7.11. The number of hydrogen-bond acceptors (Lipinski definition) is 2. The Morgan fingerprint density at radius 1 is 0.411 bits per heavy atom. The molecule has 0 saturated heterocycles. The lowest BCUT2D eigenvalue weighted by Crippen LogP contribution is -1.99. The standard InChI is InChI=1S/C24H17BNO2.C24H16BrN.CH4.FH/c27-25-28-20-13-10-17(11-14-20)18-12-15-24-22(16-18)21-8-4-5-9-23(21)26(24)19-6-2-1-3-7-19;25-19-13-10-17(11-14-19)18-12-15-24-22(16-18)21-8-4-5-9-23(21)26(24)20-6-2-1-3-7-20;;/h1-16,27H;1-16H;1H4;1H. The van der Waals surface area contributed by atoms with Crippen LogP contribution in [0.25, 0.3) is 77.2 Å². The van der Waals surface area contributed by atoms with Crippen molar-refractivity contribution < 1.29 is 14.4 Å². The Labute approximate surface area is 334 Å². The van der Waals surface area contributed by atoms with Crippen molar-refractivity contribution in [3.8, 4) is 39.4 Å². The highest BCUT2D eigenvalue weighted by atomic mass is 79.9. The first-order valence-electron chi connectivity index (χ1n) is 17.8. The molecule has 0 amide bonds. The van der Waals surface area contributed by atoms with Crippen molar-refractivity contribution in [1.82, 2.24) is 9.13 Å². The number of hydrogen-bond donors (Lipinski definition) is 1. The molecule has 0 spiro atoms. The summed E-state index contributed by atoms with van der Waals surface area (Å²) in [4.78, 5) is 0. The first-order valence-corrected chi connectivity index (χ1v) is 18.6. The summed E-state index contributed by atoms with van der Waals surface area (Å²) in [6, 6.07) is 67.6. The Hall–Kier alpha value is -6.41. The molecule has 0 aliphatic heterocycles. The van der Waals surface area contributed by atoms with E-state index in [9.17, 15) is 0 Å². The van der Waals surface area contributed by atoms with E-state index >= 15 is 0 Å². The maximum Gasteiger partial charge on any atom is 0.569 e. The zero-order valence-electron chi connectivity index (χ0n) is 29.6. The van der Waals surface area contributed by atoms with E-state index in [1.165, 1.54) is 60.4 Å². The summed E-state index contributed by atoms with van der Waals surface area (Å²) < 4.78 is 10.8. The minimum atomic E-state index is 0. The van der Waals surface area contributed by atoms with Crippen LogP contribution in [-0.4, -0.2) is 21.8 Å². The number of benzene rings is 8. The fourth-order valence-corrected chi connectivity index (χ4v) is 7.71. The largest absolute Gasteiger partial charge is 0.569 e. The number of fused-ring (bicyclic) bond motifs is 6. The molecule has 0 aliphatic rings. The van der Waals surface area contributed by atoms with Crippen molar-refractivity contribution in [3.05, 3.63) is 199 Å². The molecule has 10 aromatic rings. The highest BCUT2D eigenvalue weighted by molar-refractivity contribution is 9.10. The van der Waals surface area contributed by atoms with Crippen molar-refractivity contribution >= 4 is 67.2 Å². The fraction of sp³-hybridized carbons (Fsp3) is 0.0204. The maximum atomic E-state index is 8.77. The van der Waals surface area contributed by atoms with E-state index in [1.54, 1.807) is 0 Å². The average molecular weight is 797 g/mol. The summed E-state index contributed by atoms with van der Waals surface area (Å²) in [5.74, 6) is 0.605. The highest BCUT2D eigenvalue weighted by Gasteiger charge is 2.14. The smallest absolute Gasteiger partial charge is 0.537 e. The molecule has 0 aliphatic carbocycles. The quantitative estimate of drug-likeness (QED) is 0.170. The number of para-hydroxylation sites is 4. The van der Waals surface area contributed by atoms with Gasteiger partial charge in [0.1, 0.15) is 5.75 Å². The van der Waals surface area contributed by atoms with Gasteiger partial charge in [-0.25, -0.2) is 0 Å². The van der Waals surface area contributed by atoms with Crippen molar-refractivity contribution in [2.45, 2.75) is 7.43 Å². The SMILES string of the molecule is Brc1ccc(-c2ccc3c(c2)c2ccccc2n3-c2ccccc2)cc1.C.F.O[B]Oc1ccc(-c2ccc3c(c2)c2ccccc2n3-c2ccccc2)cc1. The van der Waals surface area contributed by atoms with E-state index in [1.807, 2.05) is 30.3 Å². The van der Waals surface area contributed by atoms with Crippen LogP contribution in [0.15, 0.2) is 199 Å². The van der Waals surface area contributed by atoms with Gasteiger partial charge < -0.3 is 18.8 Å². The van der Waals surface area contributed by atoms with Crippen molar-refractivity contribution in [2.75, 3.05) is 0 Å². The second kappa shape index (κ2) is 16.5. The van der Waals surface area contributed by atoms with Gasteiger partial charge >= 0.3 is 7.69 Å². The average Bonchev–Trinajstić information content (AvgIpc) is 3.75. The Bertz CT molecular complexity index is 2890. The molecular formula is C49H38BBrFN2O2. The first kappa shape index (κ1) is 37.9. The highest BCUT2D eigenvalue weighted by Crippen LogP contribution is 2.36. The van der Waals surface area contributed by atoms with Gasteiger partial charge in [-0.3, -0.25) is 4.70 Å². The lowest BCUT2D eigenvalue weighted by molar-refractivity contribution is 0.454. The van der Waals surface area contributed by atoms with Gasteiger partial charge in [-0.1, -0.05) is 133 Å². The lowest BCUT2D eigenvalue weighted by Gasteiger charge is -2.08. The summed E-state index contributed by atoms with van der Waals surface area (Å²) >= 11 is 3.52. The molecule has 2 heterocycles. The normalized spacial score (nSPS) is 10.8. The van der Waals surface area contributed by atoms with Gasteiger partial charge in [-0.05, 0) is 107 Å². The zero-order valence-corrected chi connectivity index (χ0v) is 31.2. The molecule has 7 heteroatoms. The van der Waals surface area contributed by atoms with E-state index in [0.29, 0.717) is 13.4 Å². The Morgan fingerprint density at radius 3 is 1.23 bits per heavy atom. The van der Waals surface area contributed by atoms with Crippen LogP contribution in [-0.2, 0) is 0 Å². The van der Waals surface area contributed by atoms with Gasteiger partial charge in [-0.15, -0.1) is 0 Å². The summed E-state index contributed by atoms with van der Waals surface area (Å²) in [7, 11) is 0.694. The van der Waals surface area contributed by atoms with Gasteiger partial charge in [0.25, 0.3) is 0 Å². The predicted octanol–water partition coefficient (Wildman–Crippen LogP) is 13.4. The Balaban J connectivity index is 0.000000166. The van der Waals surface area contributed by atoms with Crippen molar-refractivity contribution in [1.29, 1.82) is 0 Å². The minimum Gasteiger partial charge on any atom is -0.537 e. The Kier molecular flexibility index (Phi) is 11.2. The molecular weight excluding hydrogens is 758 g/mol. The summed E-state index contributed by atoms with van der Waals surface area (Å²) in [6.07, 6.45) is 0. The predicted molar refractivity (Wildman–Crippen MR) is 238 cm³/mol. The minimum absolute atomic E-state index is 0. The molecule has 0 saturated carbocycles. The molecule has 4 nitrogen and oxygen atoms in total. The van der Waals surface area contributed by atoms with Crippen LogP contribution in [0.1, 0.15) is 7.43 Å². The van der Waals surface area contributed by atoms with Crippen molar-refractivity contribution in [2.24, 2.45) is 0 Å². The van der Waals surface area contributed by atoms with Crippen LogP contribution in [0.5, 0.6) is 5.75 Å². The third-order valence-corrected chi connectivity index (χ3v) is 10.5. The fourth-order valence-electron chi connectivity index (χ4n) is 7.44. The van der Waals surface area contributed by atoms with E-state index in [-0.39, 0.29) is 12.1 Å². The molecule has 0 fully saturated rings. The van der Waals surface area contributed by atoms with Crippen LogP contribution in [0.2, 0.25) is 0 Å². The van der Waals surface area contributed by atoms with Crippen LogP contribution >= 0.6 is 15.9 Å². The van der Waals surface area contributed by atoms with Crippen LogP contribution in [0, 0.1) is 0 Å². The molecule has 10 rings (SSSR count). The first-order chi connectivity index (χ1) is 26.7. The number of nitrogens with zero attached hydrogens (tertiary/aromatic N) is 2. The lowest BCUT2D eigenvalue weighted by atomic mass is 10.0. The third-order valence-electron chi connectivity index (χ3n) is 9.93. The monoisotopic (exact) mass is 795 g/mol. The van der Waals surface area contributed by atoms with Gasteiger partial charge in [0.05, 0.1) is 22.1 Å². The van der Waals surface area contributed by atoms with Crippen LogP contribution < -0.4 is 4.65 Å². The topological polar surface area (TPSA) is 39.3 Å². The number of aromatic nitrogens is 2. The number of halogens is 2. The summed E-state index contributed by atoms with van der Waals surface area (Å²) in [5, 5.41) is 13.8. The molecule has 2 aromatic heterocycles. The molecule has 8 aromatic carbocycles. The number of rotatable bonds is 6. The second-order valence-corrected chi connectivity index (χ2v) is 14.0. The van der Waals surface area contributed by atoms with E-state index in [2.05, 4.69) is 189 Å². The summed E-state index contributed by atoms with van der Waals surface area (Å²) in [5.41, 5.74) is 11.9. The van der Waals surface area contributed by atoms with E-state index in [0.717, 1.165) is 21.3 Å². The van der Waals surface area contributed by atoms with Gasteiger partial charge in [0, 0.05) is 37.4 Å². The summed E-state index contributed by atoms with van der Waals surface area (Å²) in [6.45, 7) is 0. The van der Waals surface area contributed by atoms with E-state index in [4.69, 9.17) is 9.68 Å². The molecule has 56 heavy (non-hydrogen) atoms. The van der Waals surface area contributed by atoms with Crippen molar-refractivity contribution in [3.63, 3.8) is 0 Å². The van der Waals surface area contributed by atoms with Crippen LogP contribution in [0.4, 0.5) is 4.70 Å². The zero-order chi connectivity index (χ0) is 36.4. The van der Waals surface area contributed by atoms with Gasteiger partial charge in [0.2, 0.25) is 0 Å². The Morgan fingerprint density at radius 2 is 0.786 bits per heavy atom. The molecule has 0 unspecified atom stereocenters. The maximum absolute atomic E-state index is 8.77. The molecule has 1 N–H and O–H groups in total. The van der Waals surface area contributed by atoms with E-state index < -0.39 is 0 Å².